The molecule has 3 rings (SSSR count). The lowest BCUT2D eigenvalue weighted by Gasteiger charge is -2.22. The predicted octanol–water partition coefficient (Wildman–Crippen LogP) is 3.17. The molecule has 0 saturated carbocycles. The molecule has 1 aliphatic heterocycles. The third-order valence-electron chi connectivity index (χ3n) is 3.24. The summed E-state index contributed by atoms with van der Waals surface area (Å²) in [5.74, 6) is 0.149. The number of pyridine rings is 1. The van der Waals surface area contributed by atoms with E-state index in [9.17, 15) is 4.39 Å². The van der Waals surface area contributed by atoms with E-state index in [-0.39, 0.29) is 5.82 Å². The first kappa shape index (κ1) is 11.0. The number of hydrazine groups is 1. The monoisotopic (exact) mass is 243 g/mol. The number of benzene rings is 1. The van der Waals surface area contributed by atoms with Gasteiger partial charge in [-0.05, 0) is 17.7 Å². The topological polar surface area (TPSA) is 28.2 Å². The summed E-state index contributed by atoms with van der Waals surface area (Å²) < 4.78 is 13.6. The zero-order valence-electron chi connectivity index (χ0n) is 10.1. The fourth-order valence-corrected chi connectivity index (χ4v) is 2.33. The smallest absolute Gasteiger partial charge is 0.151 e. The normalized spacial score (nSPS) is 17.7. The number of halogens is 1. The van der Waals surface area contributed by atoms with E-state index in [0.717, 1.165) is 12.2 Å². The van der Waals surface area contributed by atoms with E-state index in [0.29, 0.717) is 11.6 Å². The Morgan fingerprint density at radius 1 is 1.33 bits per heavy atom. The van der Waals surface area contributed by atoms with E-state index < -0.39 is 0 Å². The molecule has 0 spiro atoms. The Morgan fingerprint density at radius 2 is 2.17 bits per heavy atom. The lowest BCUT2D eigenvalue weighted by Crippen LogP contribution is -2.28. The quantitative estimate of drug-likeness (QED) is 0.878. The minimum atomic E-state index is -0.290. The van der Waals surface area contributed by atoms with Crippen LogP contribution in [0.5, 0.6) is 0 Å². The SMILES string of the molecule is CC1CN(Nc2cnccc2F)c2ccccc21. The highest BCUT2D eigenvalue weighted by atomic mass is 19.1. The van der Waals surface area contributed by atoms with Crippen molar-refractivity contribution < 1.29 is 4.39 Å². The first-order valence-electron chi connectivity index (χ1n) is 5.98. The predicted molar refractivity (Wildman–Crippen MR) is 70.0 cm³/mol. The van der Waals surface area contributed by atoms with E-state index in [1.54, 1.807) is 0 Å². The second kappa shape index (κ2) is 4.29. The number of nitrogens with one attached hydrogen (secondary N) is 1. The van der Waals surface area contributed by atoms with Crippen molar-refractivity contribution in [2.24, 2.45) is 0 Å². The van der Waals surface area contributed by atoms with Crippen LogP contribution in [-0.4, -0.2) is 11.5 Å². The van der Waals surface area contributed by atoms with Crippen molar-refractivity contribution in [1.82, 2.24) is 4.98 Å². The van der Waals surface area contributed by atoms with Crippen molar-refractivity contribution in [2.45, 2.75) is 12.8 Å². The molecule has 3 nitrogen and oxygen atoms in total. The Hall–Kier alpha value is -2.10. The molecule has 18 heavy (non-hydrogen) atoms. The summed E-state index contributed by atoms with van der Waals surface area (Å²) in [6.45, 7) is 2.99. The number of anilines is 2. The van der Waals surface area contributed by atoms with Crippen LogP contribution < -0.4 is 10.4 Å². The zero-order chi connectivity index (χ0) is 12.5. The van der Waals surface area contributed by atoms with Crippen molar-refractivity contribution in [3.8, 4) is 0 Å². The average molecular weight is 243 g/mol. The van der Waals surface area contributed by atoms with Gasteiger partial charge >= 0.3 is 0 Å². The first-order valence-corrected chi connectivity index (χ1v) is 5.98. The molecule has 1 aromatic heterocycles. The van der Waals surface area contributed by atoms with Crippen LogP contribution in [0.25, 0.3) is 0 Å². The fraction of sp³-hybridized carbons (Fsp3) is 0.214. The van der Waals surface area contributed by atoms with Crippen molar-refractivity contribution in [2.75, 3.05) is 17.0 Å². The zero-order valence-corrected chi connectivity index (χ0v) is 10.1. The molecule has 1 N–H and O–H groups in total. The van der Waals surface area contributed by atoms with Gasteiger partial charge in [0.15, 0.2) is 5.82 Å². The largest absolute Gasteiger partial charge is 0.294 e. The Labute approximate surface area is 105 Å². The van der Waals surface area contributed by atoms with Gasteiger partial charge < -0.3 is 0 Å². The molecule has 1 atom stereocenters. The maximum atomic E-state index is 13.6. The number of aromatic nitrogens is 1. The van der Waals surface area contributed by atoms with Gasteiger partial charge in [-0.2, -0.15) is 0 Å². The van der Waals surface area contributed by atoms with Gasteiger partial charge in [0, 0.05) is 18.7 Å². The molecule has 0 amide bonds. The summed E-state index contributed by atoms with van der Waals surface area (Å²) >= 11 is 0. The van der Waals surface area contributed by atoms with Gasteiger partial charge in [-0.3, -0.25) is 15.4 Å². The number of hydrogen-bond acceptors (Lipinski definition) is 3. The molecule has 1 aromatic carbocycles. The van der Waals surface area contributed by atoms with Crippen LogP contribution >= 0.6 is 0 Å². The number of hydrogen-bond donors (Lipinski definition) is 1. The van der Waals surface area contributed by atoms with Gasteiger partial charge in [-0.25, -0.2) is 4.39 Å². The Kier molecular flexibility index (Phi) is 2.63. The number of rotatable bonds is 2. The molecule has 0 aliphatic carbocycles. The molecule has 0 bridgehead atoms. The van der Waals surface area contributed by atoms with Gasteiger partial charge in [0.2, 0.25) is 0 Å². The second-order valence-corrected chi connectivity index (χ2v) is 4.54. The van der Waals surface area contributed by atoms with Gasteiger partial charge in [0.1, 0.15) is 5.69 Å². The summed E-state index contributed by atoms with van der Waals surface area (Å²) in [6.07, 6.45) is 2.95. The molecule has 1 aliphatic rings. The maximum absolute atomic E-state index is 13.6. The maximum Gasteiger partial charge on any atom is 0.151 e. The van der Waals surface area contributed by atoms with Crippen LogP contribution in [0.15, 0.2) is 42.7 Å². The summed E-state index contributed by atoms with van der Waals surface area (Å²) in [5.41, 5.74) is 5.89. The molecule has 1 unspecified atom stereocenters. The molecule has 2 heterocycles. The molecule has 92 valence electrons. The highest BCUT2D eigenvalue weighted by Gasteiger charge is 2.25. The molecule has 0 radical (unpaired) electrons. The van der Waals surface area contributed by atoms with Crippen molar-refractivity contribution in [1.29, 1.82) is 0 Å². The lowest BCUT2D eigenvalue weighted by molar-refractivity contribution is 0.626. The first-order chi connectivity index (χ1) is 8.75. The Balaban J connectivity index is 1.90. The highest BCUT2D eigenvalue weighted by Crippen LogP contribution is 2.35. The highest BCUT2D eigenvalue weighted by molar-refractivity contribution is 5.64. The van der Waals surface area contributed by atoms with Crippen LogP contribution in [0.4, 0.5) is 15.8 Å². The van der Waals surface area contributed by atoms with Crippen LogP contribution in [0.1, 0.15) is 18.4 Å². The van der Waals surface area contributed by atoms with E-state index in [1.165, 1.54) is 24.0 Å². The minimum absolute atomic E-state index is 0.290. The molecular formula is C14H14FN3. The third kappa shape index (κ3) is 1.79. The molecule has 0 saturated heterocycles. The number of nitrogens with zero attached hydrogens (tertiary/aromatic N) is 2. The van der Waals surface area contributed by atoms with E-state index in [1.807, 2.05) is 23.2 Å². The fourth-order valence-electron chi connectivity index (χ4n) is 2.33. The minimum Gasteiger partial charge on any atom is -0.294 e. The average Bonchev–Trinajstić information content (AvgIpc) is 2.70. The Morgan fingerprint density at radius 3 is 3.00 bits per heavy atom. The van der Waals surface area contributed by atoms with Gasteiger partial charge in [-0.1, -0.05) is 25.1 Å². The molecular weight excluding hydrogens is 229 g/mol. The van der Waals surface area contributed by atoms with Crippen LogP contribution in [0.2, 0.25) is 0 Å². The van der Waals surface area contributed by atoms with Gasteiger partial charge in [0.05, 0.1) is 11.9 Å². The van der Waals surface area contributed by atoms with Gasteiger partial charge in [-0.15, -0.1) is 0 Å². The summed E-state index contributed by atoms with van der Waals surface area (Å²) in [5, 5.41) is 1.97. The summed E-state index contributed by atoms with van der Waals surface area (Å²) in [4.78, 5) is 3.93. The van der Waals surface area contributed by atoms with Crippen molar-refractivity contribution in [3.05, 3.63) is 54.1 Å². The second-order valence-electron chi connectivity index (χ2n) is 4.54. The van der Waals surface area contributed by atoms with E-state index in [2.05, 4.69) is 23.4 Å². The Bertz CT molecular complexity index is 570. The van der Waals surface area contributed by atoms with Crippen LogP contribution in [0, 0.1) is 5.82 Å². The standard InChI is InChI=1S/C14H14FN3/c1-10-9-18(14-5-3-2-4-11(10)14)17-13-8-16-7-6-12(13)15/h2-8,10,17H,9H2,1H3. The summed E-state index contributed by atoms with van der Waals surface area (Å²) in [7, 11) is 0. The summed E-state index contributed by atoms with van der Waals surface area (Å²) in [6, 6.07) is 9.53. The molecule has 0 fully saturated rings. The van der Waals surface area contributed by atoms with Crippen LogP contribution in [-0.2, 0) is 0 Å². The number of para-hydroxylation sites is 1. The van der Waals surface area contributed by atoms with Crippen LogP contribution in [0.3, 0.4) is 0 Å². The van der Waals surface area contributed by atoms with Gasteiger partial charge in [0.25, 0.3) is 0 Å². The van der Waals surface area contributed by atoms with Crippen molar-refractivity contribution >= 4 is 11.4 Å². The van der Waals surface area contributed by atoms with E-state index in [4.69, 9.17) is 0 Å². The molecule has 4 heteroatoms. The third-order valence-corrected chi connectivity index (χ3v) is 3.24. The van der Waals surface area contributed by atoms with E-state index >= 15 is 0 Å². The lowest BCUT2D eigenvalue weighted by atomic mass is 10.0. The molecule has 2 aromatic rings. The number of fused-ring (bicyclic) bond motifs is 1. The van der Waals surface area contributed by atoms with Crippen molar-refractivity contribution in [3.63, 3.8) is 0 Å².